The van der Waals surface area contributed by atoms with Gasteiger partial charge in [0.2, 0.25) is 0 Å². The summed E-state index contributed by atoms with van der Waals surface area (Å²) >= 11 is 2.33. The van der Waals surface area contributed by atoms with E-state index in [1.54, 1.807) is 7.11 Å². The molecule has 36 heavy (non-hydrogen) atoms. The molecule has 3 aromatic heterocycles. The van der Waals surface area contributed by atoms with Gasteiger partial charge in [-0.15, -0.1) is 0 Å². The highest BCUT2D eigenvalue weighted by molar-refractivity contribution is 14.2. The second kappa shape index (κ2) is 10.4. The standard InChI is InChI=1S/C24H25IN9OP/c1-14-28-22-17(29-16-6-3-5-15(12-26)23(16)35-2)11-21(32-24(22)34(14)36-25)31-20-8-7-19(18(13-27)30-20)33-9-4-10-33/h3,5-8,11,36H,4,9-10,12,26H2,1-2H3,(H2,29,30,31,32). The Morgan fingerprint density at radius 1 is 1.14 bits per heavy atom. The van der Waals surface area contributed by atoms with Crippen molar-refractivity contribution in [1.82, 2.24) is 19.3 Å². The Kier molecular flexibility index (Phi) is 7.09. The van der Waals surface area contributed by atoms with Crippen molar-refractivity contribution in [3.8, 4) is 11.8 Å². The van der Waals surface area contributed by atoms with Gasteiger partial charge in [-0.3, -0.25) is 4.34 Å². The van der Waals surface area contributed by atoms with E-state index in [9.17, 15) is 5.26 Å². The number of hydrogen-bond donors (Lipinski definition) is 3. The zero-order valence-corrected chi connectivity index (χ0v) is 23.0. The Labute approximate surface area is 223 Å². The molecule has 1 unspecified atom stereocenters. The monoisotopic (exact) mass is 613 g/mol. The van der Waals surface area contributed by atoms with Gasteiger partial charge in [-0.05, 0) is 53.6 Å². The average molecular weight is 613 g/mol. The Hall–Kier alpha value is -3.20. The van der Waals surface area contributed by atoms with E-state index >= 15 is 0 Å². The van der Waals surface area contributed by atoms with E-state index in [-0.39, 0.29) is 0 Å². The topological polar surface area (TPSA) is 130 Å². The van der Waals surface area contributed by atoms with Gasteiger partial charge in [0, 0.05) is 31.3 Å². The number of benzene rings is 1. The first-order valence-electron chi connectivity index (χ1n) is 11.4. The maximum atomic E-state index is 9.67. The number of anilines is 5. The van der Waals surface area contributed by atoms with Gasteiger partial charge in [0.25, 0.3) is 0 Å². The highest BCUT2D eigenvalue weighted by Gasteiger charge is 2.20. The number of nitrogens with one attached hydrogen (secondary N) is 2. The van der Waals surface area contributed by atoms with Crippen LogP contribution in [0.1, 0.15) is 23.5 Å². The van der Waals surface area contributed by atoms with Crippen LogP contribution in [0.25, 0.3) is 11.2 Å². The number of hydrogen-bond acceptors (Lipinski definition) is 9. The van der Waals surface area contributed by atoms with Crippen molar-refractivity contribution < 1.29 is 4.74 Å². The highest BCUT2D eigenvalue weighted by Crippen LogP contribution is 2.38. The lowest BCUT2D eigenvalue weighted by molar-refractivity contribution is 0.412. The van der Waals surface area contributed by atoms with Gasteiger partial charge in [0.05, 0.1) is 30.5 Å². The molecule has 1 aliphatic heterocycles. The van der Waals surface area contributed by atoms with E-state index in [0.29, 0.717) is 36.0 Å². The highest BCUT2D eigenvalue weighted by atomic mass is 127. The number of aromatic nitrogens is 4. The molecule has 0 radical (unpaired) electrons. The lowest BCUT2D eigenvalue weighted by Gasteiger charge is -2.33. The molecule has 4 N–H and O–H groups in total. The van der Waals surface area contributed by atoms with Crippen molar-refractivity contribution in [3.05, 3.63) is 53.5 Å². The summed E-state index contributed by atoms with van der Waals surface area (Å²) in [5, 5.41) is 16.4. The number of ether oxygens (including phenoxy) is 1. The lowest BCUT2D eigenvalue weighted by atomic mass is 10.1. The quantitative estimate of drug-likeness (QED) is 0.187. The number of fused-ring (bicyclic) bond motifs is 1. The molecule has 184 valence electrons. The van der Waals surface area contributed by atoms with Crippen LogP contribution >= 0.6 is 28.4 Å². The molecule has 1 aliphatic rings. The minimum absolute atomic E-state index is 0.362. The summed E-state index contributed by atoms with van der Waals surface area (Å²) in [5.74, 6) is 2.70. The summed E-state index contributed by atoms with van der Waals surface area (Å²) in [6, 6.07) is 13.8. The van der Waals surface area contributed by atoms with Crippen LogP contribution in [0.2, 0.25) is 0 Å². The van der Waals surface area contributed by atoms with Gasteiger partial charge in [-0.25, -0.2) is 15.0 Å². The summed E-state index contributed by atoms with van der Waals surface area (Å²) < 4.78 is 7.72. The summed E-state index contributed by atoms with van der Waals surface area (Å²) in [7, 11) is 1.63. The van der Waals surface area contributed by atoms with Crippen molar-refractivity contribution >= 4 is 68.3 Å². The molecule has 1 aromatic carbocycles. The van der Waals surface area contributed by atoms with E-state index in [4.69, 9.17) is 20.4 Å². The Bertz CT molecular complexity index is 1480. The predicted octanol–water partition coefficient (Wildman–Crippen LogP) is 4.96. The fraction of sp³-hybridized carbons (Fsp3) is 0.250. The molecule has 1 fully saturated rings. The van der Waals surface area contributed by atoms with Crippen molar-refractivity contribution in [1.29, 1.82) is 5.26 Å². The smallest absolute Gasteiger partial charge is 0.168 e. The van der Waals surface area contributed by atoms with Crippen LogP contribution in [-0.4, -0.2) is 39.5 Å². The number of aryl methyl sites for hydroxylation is 1. The number of nitrogens with zero attached hydrogens (tertiary/aromatic N) is 6. The second-order valence-electron chi connectivity index (χ2n) is 8.27. The van der Waals surface area contributed by atoms with Gasteiger partial charge in [0.15, 0.2) is 11.3 Å². The summed E-state index contributed by atoms with van der Waals surface area (Å²) in [6.45, 7) is 4.23. The van der Waals surface area contributed by atoms with E-state index in [2.05, 4.69) is 53.0 Å². The van der Waals surface area contributed by atoms with Gasteiger partial charge in [-0.2, -0.15) is 5.26 Å². The maximum absolute atomic E-state index is 9.67. The Morgan fingerprint density at radius 2 is 1.97 bits per heavy atom. The van der Waals surface area contributed by atoms with Crippen LogP contribution in [0, 0.1) is 18.3 Å². The molecule has 4 aromatic rings. The zero-order chi connectivity index (χ0) is 25.2. The zero-order valence-electron chi connectivity index (χ0n) is 19.8. The van der Waals surface area contributed by atoms with Crippen molar-refractivity contribution in [2.75, 3.05) is 35.7 Å². The third-order valence-electron chi connectivity index (χ3n) is 6.09. The van der Waals surface area contributed by atoms with Gasteiger partial charge in [0.1, 0.15) is 34.8 Å². The molecular weight excluding hydrogens is 588 g/mol. The minimum Gasteiger partial charge on any atom is -0.494 e. The molecule has 1 saturated heterocycles. The van der Waals surface area contributed by atoms with Crippen LogP contribution in [0.3, 0.4) is 0 Å². The molecular formula is C24H25IN9OP. The van der Waals surface area contributed by atoms with Crippen LogP contribution < -0.4 is 26.0 Å². The van der Waals surface area contributed by atoms with E-state index in [0.717, 1.165) is 59.1 Å². The average Bonchev–Trinajstić information content (AvgIpc) is 3.18. The summed E-state index contributed by atoms with van der Waals surface area (Å²) in [4.78, 5) is 16.3. The summed E-state index contributed by atoms with van der Waals surface area (Å²) in [6.07, 6.45) is 1.56. The number of para-hydroxylation sites is 1. The van der Waals surface area contributed by atoms with Crippen LogP contribution in [0.5, 0.6) is 5.75 Å². The number of rotatable bonds is 8. The first-order valence-corrected chi connectivity index (χ1v) is 15.4. The normalized spacial score (nSPS) is 13.1. The van der Waals surface area contributed by atoms with Crippen molar-refractivity contribution in [2.24, 2.45) is 5.73 Å². The molecule has 4 heterocycles. The first-order chi connectivity index (χ1) is 17.6. The molecule has 0 aliphatic carbocycles. The molecule has 0 amide bonds. The lowest BCUT2D eigenvalue weighted by Crippen LogP contribution is -2.37. The fourth-order valence-corrected chi connectivity index (χ4v) is 6.33. The number of nitrogens with two attached hydrogens (primary N) is 1. The summed E-state index contributed by atoms with van der Waals surface area (Å²) in [5.41, 5.74) is 11.1. The van der Waals surface area contributed by atoms with E-state index in [1.807, 2.05) is 43.3 Å². The molecule has 12 heteroatoms. The Balaban J connectivity index is 1.57. The number of methoxy groups -OCH3 is 1. The van der Waals surface area contributed by atoms with E-state index < -0.39 is 0 Å². The number of nitriles is 1. The number of imidazole rings is 1. The van der Waals surface area contributed by atoms with Crippen molar-refractivity contribution in [3.63, 3.8) is 0 Å². The van der Waals surface area contributed by atoms with E-state index in [1.165, 1.54) is 0 Å². The molecule has 1 atom stereocenters. The molecule has 10 nitrogen and oxygen atoms in total. The molecule has 0 saturated carbocycles. The van der Waals surface area contributed by atoms with Gasteiger partial charge >= 0.3 is 0 Å². The maximum Gasteiger partial charge on any atom is 0.168 e. The first kappa shape index (κ1) is 24.5. The molecule has 0 bridgehead atoms. The molecule has 5 rings (SSSR count). The largest absolute Gasteiger partial charge is 0.494 e. The Morgan fingerprint density at radius 3 is 2.64 bits per heavy atom. The third-order valence-corrected chi connectivity index (χ3v) is 8.24. The third kappa shape index (κ3) is 4.52. The number of pyridine rings is 2. The minimum atomic E-state index is 0.362. The number of halogens is 1. The fourth-order valence-electron chi connectivity index (χ4n) is 4.19. The molecule has 0 spiro atoms. The van der Waals surface area contributed by atoms with Crippen LogP contribution in [0.4, 0.5) is 28.7 Å². The van der Waals surface area contributed by atoms with Crippen molar-refractivity contribution in [2.45, 2.75) is 19.9 Å². The SMILES string of the molecule is COc1c(CN)cccc1Nc1cc(Nc2ccc(N3CCC3)c(C#N)n2)nc2c1nc(C)n2PI. The van der Waals surface area contributed by atoms with Crippen LogP contribution in [-0.2, 0) is 6.54 Å². The predicted molar refractivity (Wildman–Crippen MR) is 153 cm³/mol. The van der Waals surface area contributed by atoms with Gasteiger partial charge in [-0.1, -0.05) is 12.1 Å². The van der Waals surface area contributed by atoms with Crippen LogP contribution in [0.15, 0.2) is 36.4 Å². The second-order valence-corrected chi connectivity index (χ2v) is 10.3. The van der Waals surface area contributed by atoms with Gasteiger partial charge < -0.3 is 26.0 Å².